The molecule has 3 N–H and O–H groups in total. The minimum absolute atomic E-state index is 0.136. The summed E-state index contributed by atoms with van der Waals surface area (Å²) in [5, 5.41) is 7.54. The van der Waals surface area contributed by atoms with Gasteiger partial charge in [0, 0.05) is 25.9 Å². The van der Waals surface area contributed by atoms with Crippen LogP contribution in [0.4, 0.5) is 11.5 Å². The van der Waals surface area contributed by atoms with Gasteiger partial charge in [0.05, 0.1) is 16.5 Å². The van der Waals surface area contributed by atoms with Crippen molar-refractivity contribution in [2.75, 3.05) is 24.3 Å². The van der Waals surface area contributed by atoms with Gasteiger partial charge in [0.1, 0.15) is 5.82 Å². The van der Waals surface area contributed by atoms with Gasteiger partial charge in [-0.05, 0) is 24.3 Å². The van der Waals surface area contributed by atoms with E-state index in [1.165, 1.54) is 12.3 Å². The molecule has 0 radical (unpaired) electrons. The van der Waals surface area contributed by atoms with Crippen molar-refractivity contribution in [3.63, 3.8) is 0 Å². The molecule has 8 nitrogen and oxygen atoms in total. The number of carbonyl (C=O) groups is 1. The Hall–Kier alpha value is -3.42. The summed E-state index contributed by atoms with van der Waals surface area (Å²) in [6.07, 6.45) is 1.53. The number of aromatic nitrogens is 3. The highest BCUT2D eigenvalue weighted by Crippen LogP contribution is 2.18. The molecule has 0 aliphatic heterocycles. The van der Waals surface area contributed by atoms with Gasteiger partial charge in [-0.2, -0.15) is 0 Å². The molecule has 0 aliphatic carbocycles. The predicted octanol–water partition coefficient (Wildman–Crippen LogP) is 0.930. The van der Waals surface area contributed by atoms with Crippen molar-refractivity contribution in [3.8, 4) is 0 Å². The van der Waals surface area contributed by atoms with Crippen LogP contribution >= 0.6 is 0 Å². The van der Waals surface area contributed by atoms with Crippen LogP contribution in [-0.4, -0.2) is 35.2 Å². The van der Waals surface area contributed by atoms with E-state index in [4.69, 9.17) is 0 Å². The number of aromatic amines is 2. The zero-order valence-corrected chi connectivity index (χ0v) is 13.1. The van der Waals surface area contributed by atoms with E-state index in [-0.39, 0.29) is 16.5 Å². The van der Waals surface area contributed by atoms with Crippen molar-refractivity contribution in [2.45, 2.75) is 0 Å². The smallest absolute Gasteiger partial charge is 0.272 e. The number of amides is 1. The number of benzene rings is 1. The van der Waals surface area contributed by atoms with Crippen LogP contribution in [0.15, 0.2) is 46.1 Å². The van der Waals surface area contributed by atoms with Crippen LogP contribution < -0.4 is 21.3 Å². The van der Waals surface area contributed by atoms with Crippen molar-refractivity contribution in [2.24, 2.45) is 0 Å². The highest BCUT2D eigenvalue weighted by atomic mass is 16.2. The lowest BCUT2D eigenvalue weighted by molar-refractivity contribution is 0.102. The van der Waals surface area contributed by atoms with Crippen molar-refractivity contribution in [1.29, 1.82) is 0 Å². The molecule has 1 aromatic carbocycles. The SMILES string of the molecule is CN(C)c1cc(C(=O)Nc2cccc3c(=O)[nH][nH]c(=O)c23)ccn1. The second-order valence-electron chi connectivity index (χ2n) is 5.39. The molecule has 0 aliphatic rings. The molecule has 2 heterocycles. The molecule has 0 spiro atoms. The molecular weight excluding hydrogens is 310 g/mol. The summed E-state index contributed by atoms with van der Waals surface area (Å²) in [6.45, 7) is 0. The Morgan fingerprint density at radius 2 is 1.88 bits per heavy atom. The molecule has 24 heavy (non-hydrogen) atoms. The molecule has 0 unspecified atom stereocenters. The fraction of sp³-hybridized carbons (Fsp3) is 0.125. The molecule has 0 atom stereocenters. The number of nitrogens with one attached hydrogen (secondary N) is 3. The number of nitrogens with zero attached hydrogens (tertiary/aromatic N) is 2. The molecule has 3 aromatic rings. The van der Waals surface area contributed by atoms with Crippen molar-refractivity contribution >= 4 is 28.2 Å². The second-order valence-corrected chi connectivity index (χ2v) is 5.39. The maximum absolute atomic E-state index is 12.5. The van der Waals surface area contributed by atoms with Gasteiger partial charge in [0.15, 0.2) is 0 Å². The summed E-state index contributed by atoms with van der Waals surface area (Å²) in [5.41, 5.74) is -0.247. The molecule has 0 saturated carbocycles. The first-order chi connectivity index (χ1) is 11.5. The zero-order chi connectivity index (χ0) is 17.3. The van der Waals surface area contributed by atoms with Crippen LogP contribution in [0.2, 0.25) is 0 Å². The standard InChI is InChI=1S/C16H15N5O3/c1-21(2)12-8-9(6-7-17-12)14(22)18-11-5-3-4-10-13(11)16(24)20-19-15(10)23/h3-8H,1-2H3,(H,18,22)(H,19,23)(H,20,24). The number of pyridine rings is 1. The fourth-order valence-corrected chi connectivity index (χ4v) is 2.33. The number of hydrogen-bond donors (Lipinski definition) is 3. The third-order valence-corrected chi connectivity index (χ3v) is 3.54. The van der Waals surface area contributed by atoms with E-state index in [1.54, 1.807) is 29.2 Å². The van der Waals surface area contributed by atoms with Crippen LogP contribution in [-0.2, 0) is 0 Å². The molecule has 122 valence electrons. The summed E-state index contributed by atoms with van der Waals surface area (Å²) in [6, 6.07) is 7.91. The third kappa shape index (κ3) is 2.76. The number of fused-ring (bicyclic) bond motifs is 1. The van der Waals surface area contributed by atoms with Gasteiger partial charge >= 0.3 is 0 Å². The van der Waals surface area contributed by atoms with Gasteiger partial charge in [0.25, 0.3) is 17.0 Å². The highest BCUT2D eigenvalue weighted by Gasteiger charge is 2.13. The van der Waals surface area contributed by atoms with Gasteiger partial charge < -0.3 is 10.2 Å². The summed E-state index contributed by atoms with van der Waals surface area (Å²) in [5.74, 6) is 0.238. The Morgan fingerprint density at radius 3 is 2.62 bits per heavy atom. The Bertz CT molecular complexity index is 1040. The Labute approximate surface area is 136 Å². The third-order valence-electron chi connectivity index (χ3n) is 3.54. The van der Waals surface area contributed by atoms with Crippen LogP contribution in [0.3, 0.4) is 0 Å². The van der Waals surface area contributed by atoms with Gasteiger partial charge in [-0.15, -0.1) is 0 Å². The highest BCUT2D eigenvalue weighted by molar-refractivity contribution is 6.09. The van der Waals surface area contributed by atoms with Gasteiger partial charge in [0.2, 0.25) is 0 Å². The normalized spacial score (nSPS) is 10.6. The zero-order valence-electron chi connectivity index (χ0n) is 13.1. The maximum atomic E-state index is 12.5. The number of hydrogen-bond acceptors (Lipinski definition) is 5. The second kappa shape index (κ2) is 5.99. The maximum Gasteiger partial charge on any atom is 0.272 e. The molecule has 1 amide bonds. The van der Waals surface area contributed by atoms with Crippen molar-refractivity contribution in [1.82, 2.24) is 15.2 Å². The monoisotopic (exact) mass is 325 g/mol. The summed E-state index contributed by atoms with van der Waals surface area (Å²) < 4.78 is 0. The first kappa shape index (κ1) is 15.5. The van der Waals surface area contributed by atoms with E-state index in [0.717, 1.165) is 0 Å². The minimum Gasteiger partial charge on any atom is -0.363 e. The van der Waals surface area contributed by atoms with Crippen LogP contribution in [0.1, 0.15) is 10.4 Å². The lowest BCUT2D eigenvalue weighted by Gasteiger charge is -2.12. The topological polar surface area (TPSA) is 111 Å². The Morgan fingerprint density at radius 1 is 1.12 bits per heavy atom. The number of carbonyl (C=O) groups excluding carboxylic acids is 1. The lowest BCUT2D eigenvalue weighted by Crippen LogP contribution is -2.21. The summed E-state index contributed by atoms with van der Waals surface area (Å²) in [4.78, 5) is 42.2. The van der Waals surface area contributed by atoms with Crippen molar-refractivity contribution in [3.05, 3.63) is 62.8 Å². The van der Waals surface area contributed by atoms with E-state index in [0.29, 0.717) is 11.4 Å². The van der Waals surface area contributed by atoms with Gasteiger partial charge in [-0.25, -0.2) is 4.98 Å². The van der Waals surface area contributed by atoms with E-state index < -0.39 is 17.0 Å². The van der Waals surface area contributed by atoms with E-state index >= 15 is 0 Å². The summed E-state index contributed by atoms with van der Waals surface area (Å²) in [7, 11) is 3.64. The van der Waals surface area contributed by atoms with Crippen molar-refractivity contribution < 1.29 is 4.79 Å². The molecule has 8 heteroatoms. The lowest BCUT2D eigenvalue weighted by atomic mass is 10.1. The Kier molecular flexibility index (Phi) is 3.87. The van der Waals surface area contributed by atoms with Gasteiger partial charge in [-0.3, -0.25) is 24.6 Å². The molecule has 2 aromatic heterocycles. The molecular formula is C16H15N5O3. The van der Waals surface area contributed by atoms with E-state index in [2.05, 4.69) is 20.5 Å². The number of H-pyrrole nitrogens is 2. The molecule has 0 saturated heterocycles. The number of rotatable bonds is 3. The van der Waals surface area contributed by atoms with Crippen LogP contribution in [0, 0.1) is 0 Å². The predicted molar refractivity (Wildman–Crippen MR) is 91.7 cm³/mol. The number of anilines is 2. The van der Waals surface area contributed by atoms with Gasteiger partial charge in [-0.1, -0.05) is 6.07 Å². The average Bonchev–Trinajstić information content (AvgIpc) is 2.58. The quantitative estimate of drug-likeness (QED) is 0.663. The fourth-order valence-electron chi connectivity index (χ4n) is 2.33. The first-order valence-corrected chi connectivity index (χ1v) is 7.16. The average molecular weight is 325 g/mol. The first-order valence-electron chi connectivity index (χ1n) is 7.16. The van der Waals surface area contributed by atoms with E-state index in [1.807, 2.05) is 14.1 Å². The largest absolute Gasteiger partial charge is 0.363 e. The van der Waals surface area contributed by atoms with E-state index in [9.17, 15) is 14.4 Å². The summed E-state index contributed by atoms with van der Waals surface area (Å²) >= 11 is 0. The van der Waals surface area contributed by atoms with Crippen LogP contribution in [0.25, 0.3) is 10.8 Å². The minimum atomic E-state index is -0.482. The molecule has 3 rings (SSSR count). The van der Waals surface area contributed by atoms with Crippen LogP contribution in [0.5, 0.6) is 0 Å². The Balaban J connectivity index is 2.03. The molecule has 0 bridgehead atoms. The molecule has 0 fully saturated rings.